The first-order chi connectivity index (χ1) is 10.3. The first-order valence-electron chi connectivity index (χ1n) is 5.74. The SMILES string of the molecule is O=C(O)c1oc(=O)oc1CCCC(CO[N+](=O)[O-])O[N+](=O)[O-]. The Morgan fingerprint density at radius 2 is 1.95 bits per heavy atom. The molecule has 122 valence electrons. The smallest absolute Gasteiger partial charge is 0.475 e. The van der Waals surface area contributed by atoms with E-state index in [-0.39, 0.29) is 25.0 Å². The maximum atomic E-state index is 10.8. The van der Waals surface area contributed by atoms with Crippen molar-refractivity contribution in [2.45, 2.75) is 25.4 Å². The Balaban J connectivity index is 2.58. The summed E-state index contributed by atoms with van der Waals surface area (Å²) in [6, 6.07) is 0. The predicted octanol–water partition coefficient (Wildman–Crippen LogP) is 0.0389. The molecular weight excluding hydrogens is 312 g/mol. The molecule has 0 saturated heterocycles. The van der Waals surface area contributed by atoms with Crippen LogP contribution in [0.2, 0.25) is 0 Å². The summed E-state index contributed by atoms with van der Waals surface area (Å²) < 4.78 is 8.82. The van der Waals surface area contributed by atoms with Crippen LogP contribution in [-0.2, 0) is 16.1 Å². The zero-order valence-corrected chi connectivity index (χ0v) is 10.8. The predicted molar refractivity (Wildman–Crippen MR) is 62.0 cm³/mol. The maximum absolute atomic E-state index is 10.8. The summed E-state index contributed by atoms with van der Waals surface area (Å²) in [6.45, 7) is -0.672. The summed E-state index contributed by atoms with van der Waals surface area (Å²) in [5.41, 5.74) is 0. The highest BCUT2D eigenvalue weighted by atomic mass is 17.0. The second kappa shape index (κ2) is 7.61. The first kappa shape index (κ1) is 16.9. The number of aromatic carboxylic acids is 1. The lowest BCUT2D eigenvalue weighted by Crippen LogP contribution is -2.24. The quantitative estimate of drug-likeness (QED) is 0.452. The monoisotopic (exact) mass is 322 g/mol. The van der Waals surface area contributed by atoms with Gasteiger partial charge in [0.2, 0.25) is 0 Å². The van der Waals surface area contributed by atoms with Crippen LogP contribution in [0.4, 0.5) is 0 Å². The van der Waals surface area contributed by atoms with Crippen molar-refractivity contribution in [3.05, 3.63) is 42.4 Å². The van der Waals surface area contributed by atoms with Crippen molar-refractivity contribution in [2.75, 3.05) is 6.61 Å². The van der Waals surface area contributed by atoms with Crippen LogP contribution in [0.25, 0.3) is 0 Å². The molecule has 1 N–H and O–H groups in total. The molecule has 0 aliphatic rings. The summed E-state index contributed by atoms with van der Waals surface area (Å²) in [5.74, 6) is -3.61. The summed E-state index contributed by atoms with van der Waals surface area (Å²) in [6.07, 6.45) is -1.33. The van der Waals surface area contributed by atoms with Crippen molar-refractivity contribution in [1.82, 2.24) is 0 Å². The van der Waals surface area contributed by atoms with Crippen LogP contribution in [0, 0.1) is 20.2 Å². The largest absolute Gasteiger partial charge is 0.519 e. The summed E-state index contributed by atoms with van der Waals surface area (Å²) in [4.78, 5) is 50.0. The third kappa shape index (κ3) is 5.48. The normalized spacial score (nSPS) is 11.6. The van der Waals surface area contributed by atoms with Crippen LogP contribution in [-0.4, -0.2) is 34.0 Å². The number of carboxylic acids is 1. The molecule has 1 rings (SSSR count). The topological polar surface area (TPSA) is 185 Å². The van der Waals surface area contributed by atoms with Gasteiger partial charge < -0.3 is 23.6 Å². The number of hydrogen-bond acceptors (Lipinski definition) is 10. The first-order valence-corrected chi connectivity index (χ1v) is 5.74. The molecule has 22 heavy (non-hydrogen) atoms. The zero-order valence-electron chi connectivity index (χ0n) is 10.8. The number of rotatable bonds is 10. The van der Waals surface area contributed by atoms with Gasteiger partial charge in [-0.05, 0) is 12.8 Å². The van der Waals surface area contributed by atoms with Crippen LogP contribution in [0.3, 0.4) is 0 Å². The van der Waals surface area contributed by atoms with Gasteiger partial charge in [0.15, 0.2) is 5.76 Å². The molecular formula is C9H10N2O11. The third-order valence-electron chi connectivity index (χ3n) is 2.37. The third-order valence-corrected chi connectivity index (χ3v) is 2.37. The number of nitrogens with zero attached hydrogens (tertiary/aromatic N) is 2. The van der Waals surface area contributed by atoms with Gasteiger partial charge in [-0.25, -0.2) is 9.59 Å². The average Bonchev–Trinajstić information content (AvgIpc) is 2.76. The Labute approximate surface area is 120 Å². The highest BCUT2D eigenvalue weighted by Gasteiger charge is 2.21. The molecule has 0 fully saturated rings. The molecule has 1 aromatic heterocycles. The summed E-state index contributed by atoms with van der Waals surface area (Å²) >= 11 is 0. The second-order valence-electron chi connectivity index (χ2n) is 3.87. The molecule has 0 amide bonds. The Bertz CT molecular complexity index is 603. The minimum Gasteiger partial charge on any atom is -0.475 e. The lowest BCUT2D eigenvalue weighted by atomic mass is 10.1. The molecule has 0 bridgehead atoms. The van der Waals surface area contributed by atoms with E-state index in [0.717, 1.165) is 0 Å². The highest BCUT2D eigenvalue weighted by molar-refractivity contribution is 5.85. The molecule has 0 radical (unpaired) electrons. The Hall–Kier alpha value is -3.12. The van der Waals surface area contributed by atoms with E-state index in [2.05, 4.69) is 18.5 Å². The van der Waals surface area contributed by atoms with Crippen molar-refractivity contribution in [3.8, 4) is 0 Å². The minimum absolute atomic E-state index is 0.0718. The van der Waals surface area contributed by atoms with Crippen LogP contribution < -0.4 is 5.82 Å². The molecule has 1 atom stereocenters. The van der Waals surface area contributed by atoms with E-state index >= 15 is 0 Å². The van der Waals surface area contributed by atoms with Gasteiger partial charge in [0.05, 0.1) is 0 Å². The molecule has 0 saturated carbocycles. The van der Waals surface area contributed by atoms with Crippen LogP contribution in [0.5, 0.6) is 0 Å². The van der Waals surface area contributed by atoms with Crippen LogP contribution >= 0.6 is 0 Å². The lowest BCUT2D eigenvalue weighted by Gasteiger charge is -2.12. The molecule has 13 nitrogen and oxygen atoms in total. The molecule has 1 unspecified atom stereocenters. The van der Waals surface area contributed by atoms with Crippen molar-refractivity contribution in [3.63, 3.8) is 0 Å². The van der Waals surface area contributed by atoms with Crippen LogP contribution in [0.1, 0.15) is 29.2 Å². The maximum Gasteiger partial charge on any atom is 0.519 e. The van der Waals surface area contributed by atoms with E-state index in [1.54, 1.807) is 0 Å². The van der Waals surface area contributed by atoms with E-state index in [1.165, 1.54) is 0 Å². The number of hydrogen-bond donors (Lipinski definition) is 1. The standard InChI is InChI=1S/C9H10N2O11/c12-8(13)7-6(20-9(14)21-7)3-1-2-5(22-11(17)18)4-19-10(15)16/h5H,1-4H2,(H,12,13). The highest BCUT2D eigenvalue weighted by Crippen LogP contribution is 2.13. The summed E-state index contributed by atoms with van der Waals surface area (Å²) in [7, 11) is 0. The van der Waals surface area contributed by atoms with Gasteiger partial charge in [0, 0.05) is 6.42 Å². The van der Waals surface area contributed by atoms with Crippen molar-refractivity contribution < 1.29 is 38.6 Å². The van der Waals surface area contributed by atoms with Crippen LogP contribution in [0.15, 0.2) is 13.6 Å². The fraction of sp³-hybridized carbons (Fsp3) is 0.556. The molecule has 0 aliphatic carbocycles. The molecule has 0 aromatic carbocycles. The lowest BCUT2D eigenvalue weighted by molar-refractivity contribution is -0.790. The van der Waals surface area contributed by atoms with Gasteiger partial charge in [-0.15, -0.1) is 20.2 Å². The molecule has 13 heteroatoms. The molecule has 0 spiro atoms. The fourth-order valence-corrected chi connectivity index (χ4v) is 1.56. The van der Waals surface area contributed by atoms with Gasteiger partial charge in [-0.3, -0.25) is 0 Å². The van der Waals surface area contributed by atoms with Gasteiger partial charge in [0.25, 0.3) is 15.9 Å². The Morgan fingerprint density at radius 1 is 1.27 bits per heavy atom. The van der Waals surface area contributed by atoms with E-state index in [9.17, 15) is 29.8 Å². The minimum atomic E-state index is -1.50. The Morgan fingerprint density at radius 3 is 2.50 bits per heavy atom. The average molecular weight is 322 g/mol. The van der Waals surface area contributed by atoms with E-state index in [4.69, 9.17) is 5.11 Å². The number of aryl methyl sites for hydroxylation is 1. The Kier molecular flexibility index (Phi) is 5.85. The second-order valence-corrected chi connectivity index (χ2v) is 3.87. The van der Waals surface area contributed by atoms with Gasteiger partial charge in [-0.2, -0.15) is 0 Å². The van der Waals surface area contributed by atoms with Gasteiger partial charge in [-0.1, -0.05) is 0 Å². The molecule has 1 heterocycles. The van der Waals surface area contributed by atoms with E-state index in [1.807, 2.05) is 0 Å². The summed E-state index contributed by atoms with van der Waals surface area (Å²) in [5, 5.41) is 26.8. The van der Waals surface area contributed by atoms with Crippen molar-refractivity contribution in [1.29, 1.82) is 0 Å². The van der Waals surface area contributed by atoms with Gasteiger partial charge >= 0.3 is 11.8 Å². The zero-order chi connectivity index (χ0) is 16.7. The van der Waals surface area contributed by atoms with Crippen molar-refractivity contribution in [2.24, 2.45) is 0 Å². The number of carbonyl (C=O) groups is 1. The molecule has 0 aliphatic heterocycles. The van der Waals surface area contributed by atoms with Gasteiger partial charge in [0.1, 0.15) is 12.7 Å². The van der Waals surface area contributed by atoms with E-state index in [0.29, 0.717) is 0 Å². The fourth-order valence-electron chi connectivity index (χ4n) is 1.56. The molecule has 1 aromatic rings. The number of carboxylic acid groups (broad SMARTS) is 1. The van der Waals surface area contributed by atoms with E-state index < -0.39 is 40.4 Å². The van der Waals surface area contributed by atoms with Crippen molar-refractivity contribution >= 4 is 5.97 Å².